The summed E-state index contributed by atoms with van der Waals surface area (Å²) in [5.74, 6) is 1.73. The summed E-state index contributed by atoms with van der Waals surface area (Å²) in [7, 11) is 0. The lowest BCUT2D eigenvalue weighted by Gasteiger charge is -2.23. The number of benzene rings is 3. The molecule has 0 saturated carbocycles. The molecule has 0 bridgehead atoms. The highest BCUT2D eigenvalue weighted by Crippen LogP contribution is 2.36. The van der Waals surface area contributed by atoms with Gasteiger partial charge in [0.05, 0.1) is 46.8 Å². The maximum Gasteiger partial charge on any atom is 0.249 e. The van der Waals surface area contributed by atoms with Gasteiger partial charge in [-0.1, -0.05) is 61.5 Å². The van der Waals surface area contributed by atoms with Gasteiger partial charge in [0.1, 0.15) is 47.9 Å². The number of imidazole rings is 1. The summed E-state index contributed by atoms with van der Waals surface area (Å²) in [6.07, 6.45) is 5.02. The van der Waals surface area contributed by atoms with Gasteiger partial charge in [-0.05, 0) is 60.5 Å². The van der Waals surface area contributed by atoms with Crippen molar-refractivity contribution < 1.29 is 33.1 Å². The molecule has 8 aromatic rings. The summed E-state index contributed by atoms with van der Waals surface area (Å²) in [4.78, 5) is 47.6. The maximum absolute atomic E-state index is 12.8. The molecule has 0 radical (unpaired) electrons. The molecule has 2 amide bonds. The smallest absolute Gasteiger partial charge is 0.249 e. The molecule has 1 N–H and O–H groups in total. The zero-order valence-electron chi connectivity index (χ0n) is 32.9. The van der Waals surface area contributed by atoms with E-state index in [0.29, 0.717) is 56.4 Å². The lowest BCUT2D eigenvalue weighted by atomic mass is 9.93. The van der Waals surface area contributed by atoms with Gasteiger partial charge in [0.2, 0.25) is 11.8 Å². The van der Waals surface area contributed by atoms with Gasteiger partial charge >= 0.3 is 0 Å². The number of ether oxygens (including phenoxy) is 3. The van der Waals surface area contributed by atoms with E-state index in [-0.39, 0.29) is 35.9 Å². The van der Waals surface area contributed by atoms with Crippen LogP contribution in [0.3, 0.4) is 0 Å². The van der Waals surface area contributed by atoms with E-state index in [0.717, 1.165) is 59.8 Å². The van der Waals surface area contributed by atoms with Crippen molar-refractivity contribution in [3.8, 4) is 22.8 Å². The Labute approximate surface area is 342 Å². The number of nitrogens with zero attached hydrogens (tertiary/aromatic N) is 5. The number of aromatic nitrogens is 5. The Morgan fingerprint density at radius 3 is 2.41 bits per heavy atom. The van der Waals surface area contributed by atoms with Gasteiger partial charge in [0, 0.05) is 53.1 Å². The highest BCUT2D eigenvalue weighted by Gasteiger charge is 2.31. The summed E-state index contributed by atoms with van der Waals surface area (Å²) >= 11 is 1.60. The Kier molecular flexibility index (Phi) is 10.2. The number of amides is 2. The molecule has 3 aromatic carbocycles. The number of nitrogens with one attached hydrogen (secondary N) is 1. The van der Waals surface area contributed by atoms with Crippen LogP contribution in [0.15, 0.2) is 95.8 Å². The van der Waals surface area contributed by atoms with Crippen molar-refractivity contribution in [1.82, 2.24) is 29.4 Å². The number of hydrogen-bond acceptors (Lipinski definition) is 11. The first-order valence-corrected chi connectivity index (χ1v) is 20.4. The zero-order valence-corrected chi connectivity index (χ0v) is 33.7. The van der Waals surface area contributed by atoms with E-state index in [1.807, 2.05) is 89.6 Å². The third-order valence-electron chi connectivity index (χ3n) is 10.4. The normalized spacial score (nSPS) is 14.8. The average molecular weight is 811 g/mol. The predicted molar refractivity (Wildman–Crippen MR) is 224 cm³/mol. The molecule has 6 heterocycles. The average Bonchev–Trinajstić information content (AvgIpc) is 4.00. The molecule has 13 nitrogen and oxygen atoms in total. The van der Waals surface area contributed by atoms with Crippen LogP contribution >= 0.6 is 11.3 Å². The Morgan fingerprint density at radius 2 is 1.66 bits per heavy atom. The van der Waals surface area contributed by atoms with Crippen LogP contribution in [0.2, 0.25) is 0 Å². The fourth-order valence-electron chi connectivity index (χ4n) is 7.47. The zero-order chi connectivity index (χ0) is 40.7. The van der Waals surface area contributed by atoms with Crippen LogP contribution in [0.4, 0.5) is 0 Å². The molecule has 9 rings (SSSR count). The number of thiazole rings is 1. The van der Waals surface area contributed by atoms with Gasteiger partial charge in [-0.3, -0.25) is 24.1 Å². The second-order valence-corrected chi connectivity index (χ2v) is 16.7. The number of fused-ring (bicyclic) bond motifs is 6. The molecule has 1 aliphatic heterocycles. The fourth-order valence-corrected chi connectivity index (χ4v) is 8.51. The number of Topliss-reactive ketones (excluding diaryl/α,β-unsaturated/α-hetero) is 1. The molecule has 1 saturated heterocycles. The number of pyridine rings is 1. The number of hydrogen-bond donors (Lipinski definition) is 1. The van der Waals surface area contributed by atoms with Crippen LogP contribution in [0.25, 0.3) is 48.4 Å². The molecule has 1 fully saturated rings. The van der Waals surface area contributed by atoms with Gasteiger partial charge in [-0.2, -0.15) is 0 Å². The topological polar surface area (TPSA) is 152 Å². The van der Waals surface area contributed by atoms with Crippen molar-refractivity contribution in [2.24, 2.45) is 0 Å². The minimum Gasteiger partial charge on any atom is -0.491 e. The quantitative estimate of drug-likeness (QED) is 0.0851. The molecule has 1 atom stereocenters. The van der Waals surface area contributed by atoms with Crippen LogP contribution in [0.5, 0.6) is 11.5 Å². The van der Waals surface area contributed by atoms with Crippen LogP contribution < -0.4 is 14.8 Å². The highest BCUT2D eigenvalue weighted by molar-refractivity contribution is 7.23. The van der Waals surface area contributed by atoms with Gasteiger partial charge < -0.3 is 23.3 Å². The van der Waals surface area contributed by atoms with Gasteiger partial charge in [-0.15, -0.1) is 0 Å². The number of imide groups is 1. The maximum atomic E-state index is 12.8. The molecular formula is C45H42N6O7S. The van der Waals surface area contributed by atoms with Crippen LogP contribution in [-0.4, -0.2) is 68.1 Å². The lowest BCUT2D eigenvalue weighted by Crippen LogP contribution is -2.41. The van der Waals surface area contributed by atoms with Crippen molar-refractivity contribution in [2.75, 3.05) is 26.4 Å². The summed E-state index contributed by atoms with van der Waals surface area (Å²) < 4.78 is 28.3. The van der Waals surface area contributed by atoms with E-state index >= 15 is 0 Å². The lowest BCUT2D eigenvalue weighted by molar-refractivity contribution is -0.135. The molecule has 0 spiro atoms. The Bertz CT molecular complexity index is 2860. The van der Waals surface area contributed by atoms with E-state index in [4.69, 9.17) is 23.7 Å². The summed E-state index contributed by atoms with van der Waals surface area (Å²) in [5.41, 5.74) is 5.90. The Hall–Kier alpha value is -6.38. The van der Waals surface area contributed by atoms with Gasteiger partial charge in [0.15, 0.2) is 4.96 Å². The third-order valence-corrected chi connectivity index (χ3v) is 11.5. The van der Waals surface area contributed by atoms with Crippen molar-refractivity contribution in [1.29, 1.82) is 0 Å². The fraction of sp³-hybridized carbons (Fsp3) is 0.289. The highest BCUT2D eigenvalue weighted by atomic mass is 32.1. The first-order valence-electron chi connectivity index (χ1n) is 19.6. The summed E-state index contributed by atoms with van der Waals surface area (Å²) in [5, 5.41) is 8.38. The van der Waals surface area contributed by atoms with Crippen molar-refractivity contribution in [2.45, 2.75) is 57.9 Å². The van der Waals surface area contributed by atoms with Crippen LogP contribution in [0.1, 0.15) is 56.7 Å². The van der Waals surface area contributed by atoms with Crippen molar-refractivity contribution in [3.63, 3.8) is 0 Å². The van der Waals surface area contributed by atoms with E-state index in [9.17, 15) is 14.4 Å². The number of piperidine rings is 1. The molecule has 0 aliphatic carbocycles. The molecular weight excluding hydrogens is 769 g/mol. The van der Waals surface area contributed by atoms with Crippen LogP contribution in [-0.2, 0) is 37.4 Å². The Balaban J connectivity index is 0.750. The van der Waals surface area contributed by atoms with Gasteiger partial charge in [0.25, 0.3) is 0 Å². The molecule has 1 aliphatic rings. The first kappa shape index (κ1) is 38.2. The monoisotopic (exact) mass is 810 g/mol. The predicted octanol–water partition coefficient (Wildman–Crippen LogP) is 7.81. The number of carbonyl (C=O) groups is 3. The SMILES string of the molecule is CC(C)(C)c1cc(CC(=O)Cc2ccc(-c3cn4c(n3)sc3cc(OCCOCCOc5ccc6c(c5)c5cccnc5n6C5CCC(=O)NC5=O)ccc34)cc2)no1. The standard InChI is InChI=1S/C45H42N6O7S/c1-45(2,3)40-23-29(49-58-40)22-30(52)21-27-6-8-28(9-7-27)35-26-50-37-13-11-32(25-39(37)59-44(50)47-35)57-20-18-55-17-19-56-31-10-12-36-34(24-31)33-5-4-16-46-42(33)51(36)38-14-15-41(53)48-43(38)54/h4-13,16,23-26,38H,14-15,17-22H2,1-3H3,(H,48,53,54). The molecule has 14 heteroatoms. The third kappa shape index (κ3) is 7.93. The second kappa shape index (κ2) is 15.8. The van der Waals surface area contributed by atoms with Crippen molar-refractivity contribution in [3.05, 3.63) is 108 Å². The Morgan fingerprint density at radius 1 is 0.898 bits per heavy atom. The minimum atomic E-state index is -0.514. The first-order chi connectivity index (χ1) is 28.6. The largest absolute Gasteiger partial charge is 0.491 e. The van der Waals surface area contributed by atoms with E-state index in [2.05, 4.69) is 40.6 Å². The van der Waals surface area contributed by atoms with Crippen molar-refractivity contribution >= 4 is 66.0 Å². The number of rotatable bonds is 14. The number of ketones is 1. The summed E-state index contributed by atoms with van der Waals surface area (Å²) in [6.45, 7) is 7.68. The molecule has 59 heavy (non-hydrogen) atoms. The van der Waals surface area contributed by atoms with E-state index in [1.165, 1.54) is 0 Å². The molecule has 300 valence electrons. The minimum absolute atomic E-state index is 0.0860. The van der Waals surface area contributed by atoms with Crippen LogP contribution in [0, 0.1) is 0 Å². The van der Waals surface area contributed by atoms with Gasteiger partial charge in [-0.25, -0.2) is 9.97 Å². The summed E-state index contributed by atoms with van der Waals surface area (Å²) in [6, 6.07) is 25.0. The molecule has 1 unspecified atom stereocenters. The molecule has 5 aromatic heterocycles. The number of carbonyl (C=O) groups excluding carboxylic acids is 3. The van der Waals surface area contributed by atoms with E-state index in [1.54, 1.807) is 17.5 Å². The van der Waals surface area contributed by atoms with E-state index < -0.39 is 6.04 Å². The second-order valence-electron chi connectivity index (χ2n) is 15.7.